The topological polar surface area (TPSA) is 54.7 Å². The first-order valence-corrected chi connectivity index (χ1v) is 5.55. The zero-order valence-electron chi connectivity index (χ0n) is 9.07. The summed E-state index contributed by atoms with van der Waals surface area (Å²) in [5.41, 5.74) is 8.25. The van der Waals surface area contributed by atoms with Crippen LogP contribution in [-0.2, 0) is 6.42 Å². The smallest absolute Gasteiger partial charge is 0.107 e. The van der Waals surface area contributed by atoms with E-state index in [1.807, 2.05) is 25.1 Å². The van der Waals surface area contributed by atoms with Gasteiger partial charge in [-0.25, -0.2) is 4.98 Å². The lowest BCUT2D eigenvalue weighted by Crippen LogP contribution is -2.15. The maximum Gasteiger partial charge on any atom is 0.107 e. The van der Waals surface area contributed by atoms with Gasteiger partial charge in [-0.2, -0.15) is 0 Å². The fourth-order valence-electron chi connectivity index (χ4n) is 1.75. The number of benzene rings is 1. The van der Waals surface area contributed by atoms with E-state index in [0.717, 1.165) is 22.0 Å². The van der Waals surface area contributed by atoms with Gasteiger partial charge in [0.05, 0.1) is 0 Å². The molecule has 0 aliphatic carbocycles. The van der Waals surface area contributed by atoms with Crippen LogP contribution in [0.2, 0.25) is 5.02 Å². The van der Waals surface area contributed by atoms with E-state index in [-0.39, 0.29) is 6.04 Å². The maximum atomic E-state index is 6.14. The minimum atomic E-state index is -0.0788. The van der Waals surface area contributed by atoms with Crippen LogP contribution in [0.1, 0.15) is 23.0 Å². The number of aromatic nitrogens is 2. The first-order chi connectivity index (χ1) is 7.68. The van der Waals surface area contributed by atoms with Gasteiger partial charge >= 0.3 is 0 Å². The number of imidazole rings is 1. The highest BCUT2D eigenvalue weighted by Crippen LogP contribution is 2.24. The predicted molar refractivity (Wildman–Crippen MR) is 65.4 cm³/mol. The van der Waals surface area contributed by atoms with Crippen molar-refractivity contribution in [3.63, 3.8) is 0 Å². The molecule has 0 saturated heterocycles. The molecule has 0 bridgehead atoms. The van der Waals surface area contributed by atoms with Gasteiger partial charge in [0.25, 0.3) is 0 Å². The first-order valence-electron chi connectivity index (χ1n) is 5.17. The molecule has 3 nitrogen and oxygen atoms in total. The zero-order valence-corrected chi connectivity index (χ0v) is 9.83. The van der Waals surface area contributed by atoms with Gasteiger partial charge in [0.1, 0.15) is 5.82 Å². The fraction of sp³-hybridized carbons (Fsp3) is 0.250. The monoisotopic (exact) mass is 235 g/mol. The lowest BCUT2D eigenvalue weighted by atomic mass is 9.99. The van der Waals surface area contributed by atoms with E-state index >= 15 is 0 Å². The molecule has 0 fully saturated rings. The van der Waals surface area contributed by atoms with Crippen LogP contribution in [0.15, 0.2) is 30.6 Å². The average molecular weight is 236 g/mol. The lowest BCUT2D eigenvalue weighted by molar-refractivity contribution is 0.690. The van der Waals surface area contributed by atoms with E-state index in [2.05, 4.69) is 9.97 Å². The van der Waals surface area contributed by atoms with Crippen molar-refractivity contribution < 1.29 is 0 Å². The number of rotatable bonds is 3. The third-order valence-electron chi connectivity index (χ3n) is 2.68. The van der Waals surface area contributed by atoms with Crippen molar-refractivity contribution in [2.45, 2.75) is 19.4 Å². The Balaban J connectivity index is 2.21. The van der Waals surface area contributed by atoms with Gasteiger partial charge in [-0.15, -0.1) is 0 Å². The van der Waals surface area contributed by atoms with Crippen molar-refractivity contribution in [1.82, 2.24) is 9.97 Å². The Bertz CT molecular complexity index is 465. The molecular formula is C12H14ClN3. The molecule has 1 atom stereocenters. The van der Waals surface area contributed by atoms with Crippen LogP contribution in [0.3, 0.4) is 0 Å². The summed E-state index contributed by atoms with van der Waals surface area (Å²) in [6.45, 7) is 1.99. The third-order valence-corrected chi connectivity index (χ3v) is 3.09. The molecule has 0 radical (unpaired) electrons. The van der Waals surface area contributed by atoms with Gasteiger partial charge in [-0.1, -0.05) is 23.7 Å². The number of halogens is 1. The van der Waals surface area contributed by atoms with Gasteiger partial charge in [0.2, 0.25) is 0 Å². The fourth-order valence-corrected chi connectivity index (χ4v) is 1.94. The predicted octanol–water partition coefficient (Wildman–Crippen LogP) is 2.61. The third kappa shape index (κ3) is 2.26. The van der Waals surface area contributed by atoms with E-state index in [1.165, 1.54) is 0 Å². The number of H-pyrrole nitrogens is 1. The van der Waals surface area contributed by atoms with Gasteiger partial charge < -0.3 is 10.7 Å². The van der Waals surface area contributed by atoms with E-state index < -0.39 is 0 Å². The Morgan fingerprint density at radius 1 is 1.50 bits per heavy atom. The molecule has 2 aromatic rings. The molecule has 4 heteroatoms. The van der Waals surface area contributed by atoms with E-state index in [0.29, 0.717) is 6.42 Å². The van der Waals surface area contributed by atoms with Crippen molar-refractivity contribution in [2.75, 3.05) is 0 Å². The molecule has 16 heavy (non-hydrogen) atoms. The van der Waals surface area contributed by atoms with Gasteiger partial charge in [0.15, 0.2) is 0 Å². The highest BCUT2D eigenvalue weighted by molar-refractivity contribution is 6.31. The largest absolute Gasteiger partial charge is 0.349 e. The zero-order chi connectivity index (χ0) is 11.5. The highest BCUT2D eigenvalue weighted by atomic mass is 35.5. The maximum absolute atomic E-state index is 6.14. The van der Waals surface area contributed by atoms with E-state index in [4.69, 9.17) is 17.3 Å². The summed E-state index contributed by atoms with van der Waals surface area (Å²) in [6.07, 6.45) is 4.22. The van der Waals surface area contributed by atoms with Crippen LogP contribution in [0.5, 0.6) is 0 Å². The van der Waals surface area contributed by atoms with Crippen LogP contribution >= 0.6 is 11.6 Å². The SMILES string of the molecule is Cc1c(Cl)cccc1C(N)Cc1ncc[nH]1. The summed E-state index contributed by atoms with van der Waals surface area (Å²) in [5.74, 6) is 0.895. The molecule has 0 amide bonds. The van der Waals surface area contributed by atoms with Crippen LogP contribution in [0.25, 0.3) is 0 Å². The van der Waals surface area contributed by atoms with Crippen molar-refractivity contribution >= 4 is 11.6 Å². The van der Waals surface area contributed by atoms with Crippen LogP contribution in [0.4, 0.5) is 0 Å². The molecule has 1 aromatic heterocycles. The van der Waals surface area contributed by atoms with Gasteiger partial charge in [-0.05, 0) is 24.1 Å². The number of nitrogens with one attached hydrogen (secondary N) is 1. The first kappa shape index (κ1) is 11.2. The second-order valence-corrected chi connectivity index (χ2v) is 4.21. The minimum absolute atomic E-state index is 0.0788. The summed E-state index contributed by atoms with van der Waals surface area (Å²) < 4.78 is 0. The molecular weight excluding hydrogens is 222 g/mol. The average Bonchev–Trinajstić information content (AvgIpc) is 2.74. The molecule has 84 valence electrons. The molecule has 2 rings (SSSR count). The number of nitrogens with zero attached hydrogens (tertiary/aromatic N) is 1. The lowest BCUT2D eigenvalue weighted by Gasteiger charge is -2.14. The molecule has 0 saturated carbocycles. The number of nitrogens with two attached hydrogens (primary N) is 1. The Kier molecular flexibility index (Phi) is 3.27. The van der Waals surface area contributed by atoms with Crippen molar-refractivity contribution in [3.8, 4) is 0 Å². The summed E-state index contributed by atoms with van der Waals surface area (Å²) in [6, 6.07) is 5.73. The molecule has 3 N–H and O–H groups in total. The standard InChI is InChI=1S/C12H14ClN3/c1-8-9(3-2-4-10(8)13)11(14)7-12-15-5-6-16-12/h2-6,11H,7,14H2,1H3,(H,15,16). The highest BCUT2D eigenvalue weighted by Gasteiger charge is 2.12. The van der Waals surface area contributed by atoms with Gasteiger partial charge in [0, 0.05) is 29.9 Å². The Morgan fingerprint density at radius 2 is 2.31 bits per heavy atom. The normalized spacial score (nSPS) is 12.7. The Hall–Kier alpha value is -1.32. The second kappa shape index (κ2) is 4.68. The molecule has 0 aliphatic heterocycles. The van der Waals surface area contributed by atoms with Crippen LogP contribution in [-0.4, -0.2) is 9.97 Å². The van der Waals surface area contributed by atoms with Crippen molar-refractivity contribution in [1.29, 1.82) is 0 Å². The second-order valence-electron chi connectivity index (χ2n) is 3.80. The summed E-state index contributed by atoms with van der Waals surface area (Å²) in [4.78, 5) is 7.21. The van der Waals surface area contributed by atoms with Crippen molar-refractivity contribution in [2.24, 2.45) is 5.73 Å². The summed E-state index contributed by atoms with van der Waals surface area (Å²) >= 11 is 6.06. The van der Waals surface area contributed by atoms with Crippen LogP contribution in [0, 0.1) is 6.92 Å². The Morgan fingerprint density at radius 3 is 3.00 bits per heavy atom. The molecule has 0 aliphatic rings. The number of hydrogen-bond donors (Lipinski definition) is 2. The van der Waals surface area contributed by atoms with Crippen molar-refractivity contribution in [3.05, 3.63) is 52.6 Å². The molecule has 1 heterocycles. The van der Waals surface area contributed by atoms with E-state index in [9.17, 15) is 0 Å². The molecule has 0 spiro atoms. The molecule has 1 unspecified atom stereocenters. The van der Waals surface area contributed by atoms with E-state index in [1.54, 1.807) is 12.4 Å². The quantitative estimate of drug-likeness (QED) is 0.859. The minimum Gasteiger partial charge on any atom is -0.349 e. The van der Waals surface area contributed by atoms with Crippen LogP contribution < -0.4 is 5.73 Å². The van der Waals surface area contributed by atoms with Gasteiger partial charge in [-0.3, -0.25) is 0 Å². The number of hydrogen-bond acceptors (Lipinski definition) is 2. The molecule has 1 aromatic carbocycles. The Labute approximate surface area is 99.7 Å². The summed E-state index contributed by atoms with van der Waals surface area (Å²) in [5, 5.41) is 0.757. The number of aromatic amines is 1. The summed E-state index contributed by atoms with van der Waals surface area (Å²) in [7, 11) is 0.